The van der Waals surface area contributed by atoms with Gasteiger partial charge in [0.05, 0.1) is 20.6 Å². The van der Waals surface area contributed by atoms with Crippen LogP contribution in [0, 0.1) is 0 Å². The van der Waals surface area contributed by atoms with Crippen molar-refractivity contribution in [2.75, 3.05) is 6.26 Å². The van der Waals surface area contributed by atoms with Gasteiger partial charge < -0.3 is 0 Å². The van der Waals surface area contributed by atoms with Gasteiger partial charge in [0, 0.05) is 10.5 Å². The maximum atomic E-state index is 12.7. The van der Waals surface area contributed by atoms with Gasteiger partial charge in [-0.15, -0.1) is 11.8 Å². The van der Waals surface area contributed by atoms with Crippen LogP contribution in [0.3, 0.4) is 0 Å². The van der Waals surface area contributed by atoms with Gasteiger partial charge in [0.25, 0.3) is 0 Å². The van der Waals surface area contributed by atoms with Crippen LogP contribution in [0.25, 0.3) is 12.2 Å². The van der Waals surface area contributed by atoms with Gasteiger partial charge in [0.1, 0.15) is 6.29 Å². The molecule has 20 heavy (non-hydrogen) atoms. The molecule has 1 atom stereocenters. The van der Waals surface area contributed by atoms with Crippen molar-refractivity contribution in [1.82, 2.24) is 0 Å². The highest BCUT2D eigenvalue weighted by molar-refractivity contribution is 7.98. The Labute approximate surface area is 124 Å². The van der Waals surface area contributed by atoms with Crippen molar-refractivity contribution in [2.45, 2.75) is 14.7 Å². The van der Waals surface area contributed by atoms with Crippen LogP contribution in [-0.2, 0) is 10.8 Å². The predicted molar refractivity (Wildman–Crippen MR) is 83.7 cm³/mol. The summed E-state index contributed by atoms with van der Waals surface area (Å²) in [5.41, 5.74) is 2.42. The summed E-state index contributed by atoms with van der Waals surface area (Å²) in [7, 11) is -1.26. The average Bonchev–Trinajstić information content (AvgIpc) is 2.64. The van der Waals surface area contributed by atoms with Crippen LogP contribution in [0.5, 0.6) is 0 Å². The molecule has 0 N–H and O–H groups in total. The maximum absolute atomic E-state index is 12.7. The number of hydrogen-bond acceptors (Lipinski definition) is 3. The third-order valence-corrected chi connectivity index (χ3v) is 5.48. The van der Waals surface area contributed by atoms with E-state index in [4.69, 9.17) is 0 Å². The number of aldehydes is 1. The Balaban J connectivity index is 2.20. The summed E-state index contributed by atoms with van der Waals surface area (Å²) in [4.78, 5) is 13.5. The summed E-state index contributed by atoms with van der Waals surface area (Å²) in [6.07, 6.45) is 6.74. The molecule has 0 aliphatic carbocycles. The Kier molecular flexibility index (Phi) is 3.59. The Hall–Kier alpha value is -1.65. The predicted octanol–water partition coefficient (Wildman–Crippen LogP) is 3.87. The second kappa shape index (κ2) is 5.38. The monoisotopic (exact) mass is 300 g/mol. The van der Waals surface area contributed by atoms with E-state index in [0.29, 0.717) is 10.5 Å². The number of thioether (sulfide) groups is 1. The van der Waals surface area contributed by atoms with Gasteiger partial charge in [-0.05, 0) is 41.6 Å². The van der Waals surface area contributed by atoms with Crippen LogP contribution in [0.1, 0.15) is 21.5 Å². The van der Waals surface area contributed by atoms with Crippen LogP contribution in [0.15, 0.2) is 51.1 Å². The minimum Gasteiger partial charge on any atom is -0.298 e. The van der Waals surface area contributed by atoms with Crippen LogP contribution in [-0.4, -0.2) is 16.8 Å². The van der Waals surface area contributed by atoms with E-state index in [2.05, 4.69) is 0 Å². The number of carbonyl (C=O) groups is 1. The fraction of sp³-hybridized carbons (Fsp3) is 0.0625. The van der Waals surface area contributed by atoms with Crippen LogP contribution in [0.2, 0.25) is 0 Å². The van der Waals surface area contributed by atoms with E-state index in [9.17, 15) is 9.00 Å². The molecule has 100 valence electrons. The molecule has 2 nitrogen and oxygen atoms in total. The topological polar surface area (TPSA) is 34.1 Å². The first-order valence-corrected chi connectivity index (χ1v) is 8.47. The van der Waals surface area contributed by atoms with Crippen LogP contribution >= 0.6 is 11.8 Å². The third kappa shape index (κ3) is 2.25. The number of carbonyl (C=O) groups excluding carboxylic acids is 1. The lowest BCUT2D eigenvalue weighted by Gasteiger charge is -2.07. The molecule has 2 aromatic carbocycles. The van der Waals surface area contributed by atoms with Crippen molar-refractivity contribution >= 4 is 41.0 Å². The van der Waals surface area contributed by atoms with E-state index in [1.807, 2.05) is 42.7 Å². The zero-order chi connectivity index (χ0) is 14.1. The minimum atomic E-state index is -1.26. The van der Waals surface area contributed by atoms with Gasteiger partial charge in [0.15, 0.2) is 0 Å². The highest BCUT2D eigenvalue weighted by Crippen LogP contribution is 2.31. The largest absolute Gasteiger partial charge is 0.298 e. The molecule has 1 aliphatic heterocycles. The van der Waals surface area contributed by atoms with E-state index < -0.39 is 10.8 Å². The lowest BCUT2D eigenvalue weighted by molar-refractivity contribution is 0.112. The molecular weight excluding hydrogens is 288 g/mol. The summed E-state index contributed by atoms with van der Waals surface area (Å²) in [5, 5.41) is 0. The first kappa shape index (κ1) is 13.3. The Morgan fingerprint density at radius 3 is 2.55 bits per heavy atom. The van der Waals surface area contributed by atoms with Crippen molar-refractivity contribution < 1.29 is 9.00 Å². The lowest BCUT2D eigenvalue weighted by atomic mass is 10.1. The molecule has 0 bridgehead atoms. The summed E-state index contributed by atoms with van der Waals surface area (Å²) in [5.74, 6) is 0. The summed E-state index contributed by atoms with van der Waals surface area (Å²) in [6, 6.07) is 11.2. The maximum Gasteiger partial charge on any atom is 0.150 e. The summed E-state index contributed by atoms with van der Waals surface area (Å²) in [6.45, 7) is 0. The Morgan fingerprint density at radius 2 is 1.80 bits per heavy atom. The molecule has 1 unspecified atom stereocenters. The second-order valence-corrected chi connectivity index (χ2v) is 6.72. The Bertz CT molecular complexity index is 748. The van der Waals surface area contributed by atoms with Crippen molar-refractivity contribution in [3.63, 3.8) is 0 Å². The molecule has 1 heterocycles. The van der Waals surface area contributed by atoms with Gasteiger partial charge in [-0.1, -0.05) is 24.3 Å². The summed E-state index contributed by atoms with van der Waals surface area (Å²) < 4.78 is 12.7. The van der Waals surface area contributed by atoms with E-state index in [0.717, 1.165) is 27.2 Å². The van der Waals surface area contributed by atoms with Crippen LogP contribution in [0.4, 0.5) is 0 Å². The fourth-order valence-electron chi connectivity index (χ4n) is 2.17. The normalized spacial score (nSPS) is 16.1. The third-order valence-electron chi connectivity index (χ3n) is 3.23. The molecule has 1 aliphatic rings. The van der Waals surface area contributed by atoms with E-state index in [1.54, 1.807) is 23.9 Å². The number of benzene rings is 2. The SMILES string of the molecule is CSc1ccc2c(c1)C=Cc1ccc(C=O)cc1S2=O. The molecule has 0 saturated heterocycles. The summed E-state index contributed by atoms with van der Waals surface area (Å²) >= 11 is 1.66. The molecule has 0 fully saturated rings. The quantitative estimate of drug-likeness (QED) is 0.532. The zero-order valence-electron chi connectivity index (χ0n) is 10.8. The fourth-order valence-corrected chi connectivity index (χ4v) is 3.98. The number of fused-ring (bicyclic) bond motifs is 2. The smallest absolute Gasteiger partial charge is 0.150 e. The minimum absolute atomic E-state index is 0.551. The second-order valence-electron chi connectivity index (χ2n) is 4.42. The Morgan fingerprint density at radius 1 is 1.00 bits per heavy atom. The molecule has 0 aromatic heterocycles. The van der Waals surface area contributed by atoms with Gasteiger partial charge in [-0.25, -0.2) is 4.21 Å². The molecule has 3 rings (SSSR count). The van der Waals surface area contributed by atoms with Crippen molar-refractivity contribution in [2.24, 2.45) is 0 Å². The van der Waals surface area contributed by atoms with Gasteiger partial charge in [-0.3, -0.25) is 4.79 Å². The number of rotatable bonds is 2. The van der Waals surface area contributed by atoms with Crippen molar-refractivity contribution in [3.8, 4) is 0 Å². The van der Waals surface area contributed by atoms with Crippen molar-refractivity contribution in [1.29, 1.82) is 0 Å². The molecule has 0 radical (unpaired) electrons. The molecule has 0 amide bonds. The van der Waals surface area contributed by atoms with Gasteiger partial charge in [-0.2, -0.15) is 0 Å². The lowest BCUT2D eigenvalue weighted by Crippen LogP contribution is -1.97. The standard InChI is InChI=1S/C16H12O2S2/c1-19-14-6-7-15-13(9-14)5-4-12-3-2-11(10-17)8-16(12)20(15)18/h2-10H,1H3. The molecule has 0 saturated carbocycles. The number of hydrogen-bond donors (Lipinski definition) is 0. The van der Waals surface area contributed by atoms with Crippen molar-refractivity contribution in [3.05, 3.63) is 53.1 Å². The van der Waals surface area contributed by atoms with Gasteiger partial charge >= 0.3 is 0 Å². The zero-order valence-corrected chi connectivity index (χ0v) is 12.5. The molecule has 0 spiro atoms. The van der Waals surface area contributed by atoms with Crippen LogP contribution < -0.4 is 0 Å². The van der Waals surface area contributed by atoms with Gasteiger partial charge in [0.2, 0.25) is 0 Å². The first-order valence-electron chi connectivity index (χ1n) is 6.10. The van der Waals surface area contributed by atoms with E-state index >= 15 is 0 Å². The highest BCUT2D eigenvalue weighted by Gasteiger charge is 2.17. The molecule has 4 heteroatoms. The first-order chi connectivity index (χ1) is 9.72. The molecule has 2 aromatic rings. The van der Waals surface area contributed by atoms with E-state index in [-0.39, 0.29) is 0 Å². The average molecular weight is 300 g/mol. The van der Waals surface area contributed by atoms with E-state index in [1.165, 1.54) is 0 Å². The molecular formula is C16H12O2S2. The highest BCUT2D eigenvalue weighted by atomic mass is 32.2.